The molecule has 0 aliphatic heterocycles. The van der Waals surface area contributed by atoms with Gasteiger partial charge in [0.15, 0.2) is 0 Å². The molecule has 29 heavy (non-hydrogen) atoms. The van der Waals surface area contributed by atoms with Crippen LogP contribution in [0.15, 0.2) is 36.4 Å². The molecule has 0 heterocycles. The van der Waals surface area contributed by atoms with E-state index in [9.17, 15) is 19.8 Å². The lowest BCUT2D eigenvalue weighted by molar-refractivity contribution is -0.138. The molecule has 3 atom stereocenters. The van der Waals surface area contributed by atoms with Crippen LogP contribution in [0, 0.1) is 0 Å². The van der Waals surface area contributed by atoms with Crippen LogP contribution in [-0.4, -0.2) is 58.1 Å². The highest BCUT2D eigenvalue weighted by Gasteiger charge is 2.36. The number of rotatable bonds is 9. The molecule has 1 aromatic rings. The summed E-state index contributed by atoms with van der Waals surface area (Å²) in [6.07, 6.45) is 5.31. The molecule has 2 unspecified atom stereocenters. The maximum absolute atomic E-state index is 12.2. The van der Waals surface area contributed by atoms with Gasteiger partial charge in [0, 0.05) is 0 Å². The Labute approximate surface area is 170 Å². The van der Waals surface area contributed by atoms with E-state index in [-0.39, 0.29) is 31.9 Å². The van der Waals surface area contributed by atoms with E-state index in [2.05, 4.69) is 5.32 Å². The van der Waals surface area contributed by atoms with Crippen molar-refractivity contribution in [1.29, 1.82) is 0 Å². The fourth-order valence-corrected chi connectivity index (χ4v) is 3.20. The normalized spacial score (nSPS) is 24.0. The summed E-state index contributed by atoms with van der Waals surface area (Å²) in [5.74, 6) is -0.804. The van der Waals surface area contributed by atoms with Gasteiger partial charge >= 0.3 is 5.97 Å². The van der Waals surface area contributed by atoms with Crippen LogP contribution in [0.25, 0.3) is 0 Å². The van der Waals surface area contributed by atoms with Crippen LogP contribution in [0.4, 0.5) is 0 Å². The number of hydrogen-bond donors (Lipinski definition) is 5. The molecular weight excluding hydrogens is 376 g/mol. The average molecular weight is 406 g/mol. The van der Waals surface area contributed by atoms with Crippen LogP contribution in [0.2, 0.25) is 0 Å². The highest BCUT2D eigenvalue weighted by molar-refractivity contribution is 5.77. The van der Waals surface area contributed by atoms with Gasteiger partial charge in [0.25, 0.3) is 0 Å². The Morgan fingerprint density at radius 2 is 2.00 bits per heavy atom. The summed E-state index contributed by atoms with van der Waals surface area (Å²) >= 11 is 0. The first kappa shape index (κ1) is 22.9. The molecule has 0 radical (unpaired) electrons. The second kappa shape index (κ2) is 10.9. The predicted molar refractivity (Wildman–Crippen MR) is 107 cm³/mol. The standard InChI is InChI=1S/C21H30N2O6/c22-17(20(26)27)13-15-6-8-16(9-7-15)29-12-11-23-19(25)14-21(28)10-4-2-1-3-5-18(21)24/h3,5-9,17-18,24,28H,1-2,4,10-14,22H2,(H,23,25)(H,26,27)/b5-3+/t17-,18?,21?/m0/s1. The number of amides is 1. The van der Waals surface area contributed by atoms with Crippen molar-refractivity contribution < 1.29 is 29.6 Å². The Morgan fingerprint density at radius 3 is 2.69 bits per heavy atom. The molecule has 1 aliphatic rings. The molecule has 8 heteroatoms. The van der Waals surface area contributed by atoms with Gasteiger partial charge in [-0.1, -0.05) is 30.7 Å². The topological polar surface area (TPSA) is 142 Å². The minimum atomic E-state index is -1.45. The van der Waals surface area contributed by atoms with Gasteiger partial charge in [-0.15, -0.1) is 0 Å². The third-order valence-electron chi connectivity index (χ3n) is 4.96. The Kier molecular flexibility index (Phi) is 8.63. The highest BCUT2D eigenvalue weighted by atomic mass is 16.5. The van der Waals surface area contributed by atoms with Crippen molar-refractivity contribution in [1.82, 2.24) is 5.32 Å². The zero-order valence-corrected chi connectivity index (χ0v) is 16.4. The van der Waals surface area contributed by atoms with Crippen molar-refractivity contribution in [2.24, 2.45) is 5.73 Å². The Hall–Kier alpha value is -2.42. The molecule has 0 saturated carbocycles. The number of benzene rings is 1. The molecule has 0 aromatic heterocycles. The van der Waals surface area contributed by atoms with Crippen LogP contribution in [0.5, 0.6) is 5.75 Å². The second-order valence-electron chi connectivity index (χ2n) is 7.39. The molecule has 160 valence electrons. The van der Waals surface area contributed by atoms with E-state index >= 15 is 0 Å². The Bertz CT molecular complexity index is 706. The van der Waals surface area contributed by atoms with Crippen molar-refractivity contribution in [2.75, 3.05) is 13.2 Å². The maximum Gasteiger partial charge on any atom is 0.320 e. The monoisotopic (exact) mass is 406 g/mol. The number of aliphatic hydroxyl groups is 2. The number of nitrogens with two attached hydrogens (primary N) is 1. The largest absolute Gasteiger partial charge is 0.492 e. The third-order valence-corrected chi connectivity index (χ3v) is 4.96. The number of nitrogens with one attached hydrogen (secondary N) is 1. The third kappa shape index (κ3) is 7.49. The minimum absolute atomic E-state index is 0.170. The summed E-state index contributed by atoms with van der Waals surface area (Å²) in [6.45, 7) is 0.493. The Morgan fingerprint density at radius 1 is 1.28 bits per heavy atom. The molecule has 1 aromatic carbocycles. The van der Waals surface area contributed by atoms with E-state index < -0.39 is 23.7 Å². The minimum Gasteiger partial charge on any atom is -0.492 e. The summed E-state index contributed by atoms with van der Waals surface area (Å²) in [6, 6.07) is 5.97. The number of hydrogen-bond acceptors (Lipinski definition) is 6. The molecule has 6 N–H and O–H groups in total. The van der Waals surface area contributed by atoms with E-state index in [4.69, 9.17) is 15.6 Å². The number of ether oxygens (including phenoxy) is 1. The van der Waals surface area contributed by atoms with Gasteiger partial charge in [-0.2, -0.15) is 0 Å². The van der Waals surface area contributed by atoms with Crippen LogP contribution in [-0.2, 0) is 16.0 Å². The molecule has 2 rings (SSSR count). The summed E-state index contributed by atoms with van der Waals surface area (Å²) in [5, 5.41) is 32.3. The summed E-state index contributed by atoms with van der Waals surface area (Å²) in [5.41, 5.74) is 4.85. The molecule has 8 nitrogen and oxygen atoms in total. The fraction of sp³-hybridized carbons (Fsp3) is 0.524. The van der Waals surface area contributed by atoms with Crippen molar-refractivity contribution in [3.63, 3.8) is 0 Å². The van der Waals surface area contributed by atoms with Crippen LogP contribution in [0.1, 0.15) is 37.7 Å². The van der Waals surface area contributed by atoms with Gasteiger partial charge in [0.1, 0.15) is 30.1 Å². The fourth-order valence-electron chi connectivity index (χ4n) is 3.20. The van der Waals surface area contributed by atoms with Gasteiger partial charge in [-0.3, -0.25) is 9.59 Å². The Balaban J connectivity index is 1.73. The van der Waals surface area contributed by atoms with Crippen molar-refractivity contribution in [3.05, 3.63) is 42.0 Å². The maximum atomic E-state index is 12.2. The number of carboxylic acids is 1. The van der Waals surface area contributed by atoms with Gasteiger partial charge in [-0.25, -0.2) is 0 Å². The van der Waals surface area contributed by atoms with E-state index in [0.29, 0.717) is 12.2 Å². The SMILES string of the molecule is N[C@@H](Cc1ccc(OCCNC(=O)CC2(O)CCCC/C=C/C2O)cc1)C(=O)O. The predicted octanol–water partition coefficient (Wildman–Crippen LogP) is 0.748. The lowest BCUT2D eigenvalue weighted by Gasteiger charge is -2.32. The van der Waals surface area contributed by atoms with Crippen LogP contribution in [0.3, 0.4) is 0 Å². The quantitative estimate of drug-likeness (QED) is 0.301. The van der Waals surface area contributed by atoms with Crippen LogP contribution < -0.4 is 15.8 Å². The zero-order valence-electron chi connectivity index (χ0n) is 16.4. The number of aliphatic hydroxyl groups excluding tert-OH is 1. The van der Waals surface area contributed by atoms with Gasteiger partial charge in [-0.05, 0) is 43.4 Å². The second-order valence-corrected chi connectivity index (χ2v) is 7.39. The number of carbonyl (C=O) groups excluding carboxylic acids is 1. The molecule has 0 spiro atoms. The van der Waals surface area contributed by atoms with Crippen molar-refractivity contribution >= 4 is 11.9 Å². The smallest absolute Gasteiger partial charge is 0.320 e. The van der Waals surface area contributed by atoms with Gasteiger partial charge in [0.2, 0.25) is 5.91 Å². The van der Waals surface area contributed by atoms with E-state index in [1.165, 1.54) is 0 Å². The number of aliphatic carboxylic acids is 1. The summed E-state index contributed by atoms with van der Waals surface area (Å²) in [7, 11) is 0. The molecular formula is C21H30N2O6. The van der Waals surface area contributed by atoms with E-state index in [0.717, 1.165) is 24.8 Å². The first-order valence-electron chi connectivity index (χ1n) is 9.84. The molecule has 0 bridgehead atoms. The lowest BCUT2D eigenvalue weighted by Crippen LogP contribution is -2.46. The molecule has 1 amide bonds. The lowest BCUT2D eigenvalue weighted by atomic mass is 9.84. The van der Waals surface area contributed by atoms with E-state index in [1.54, 1.807) is 30.3 Å². The van der Waals surface area contributed by atoms with Gasteiger partial charge in [0.05, 0.1) is 13.0 Å². The molecule has 1 aliphatic carbocycles. The zero-order chi connectivity index (χ0) is 21.3. The van der Waals surface area contributed by atoms with Crippen molar-refractivity contribution in [2.45, 2.75) is 56.3 Å². The molecule has 0 saturated heterocycles. The average Bonchev–Trinajstić information content (AvgIpc) is 2.67. The number of carbonyl (C=O) groups is 2. The van der Waals surface area contributed by atoms with Gasteiger partial charge < -0.3 is 31.1 Å². The number of carboxylic acid groups (broad SMARTS) is 1. The summed E-state index contributed by atoms with van der Waals surface area (Å²) in [4.78, 5) is 22.9. The van der Waals surface area contributed by atoms with Crippen LogP contribution >= 0.6 is 0 Å². The first-order chi connectivity index (χ1) is 13.8. The highest BCUT2D eigenvalue weighted by Crippen LogP contribution is 2.26. The van der Waals surface area contributed by atoms with E-state index in [1.807, 2.05) is 6.08 Å². The summed E-state index contributed by atoms with van der Waals surface area (Å²) < 4.78 is 5.55. The van der Waals surface area contributed by atoms with Crippen molar-refractivity contribution in [3.8, 4) is 5.75 Å². The first-order valence-corrected chi connectivity index (χ1v) is 9.84. The number of allylic oxidation sites excluding steroid dienone is 1. The molecule has 0 fully saturated rings.